The second kappa shape index (κ2) is 8.11. The molecule has 25 heavy (non-hydrogen) atoms. The molecule has 0 unspecified atom stereocenters. The number of pyridine rings is 1. The molecule has 4 nitrogen and oxygen atoms in total. The third kappa shape index (κ3) is 4.44. The van der Waals surface area contributed by atoms with E-state index in [-0.39, 0.29) is 5.97 Å². The molecule has 0 saturated carbocycles. The van der Waals surface area contributed by atoms with Crippen LogP contribution in [0, 0.1) is 0 Å². The minimum atomic E-state index is -0.360. The van der Waals surface area contributed by atoms with Crippen LogP contribution in [0.4, 0.5) is 0 Å². The second-order valence-corrected chi connectivity index (χ2v) is 5.72. The van der Waals surface area contributed by atoms with Crippen molar-refractivity contribution in [1.29, 1.82) is 0 Å². The molecule has 2 aromatic heterocycles. The molecule has 4 heteroatoms. The predicted octanol–water partition coefficient (Wildman–Crippen LogP) is 3.71. The highest BCUT2D eigenvalue weighted by Crippen LogP contribution is 2.17. The number of hydrogen-bond donors (Lipinski definition) is 0. The third-order valence-corrected chi connectivity index (χ3v) is 3.99. The van der Waals surface area contributed by atoms with Gasteiger partial charge in [-0.3, -0.25) is 4.98 Å². The summed E-state index contributed by atoms with van der Waals surface area (Å²) in [5.74, 6) is -0.360. The molecule has 1 aromatic carbocycles. The Balaban J connectivity index is 1.92. The van der Waals surface area contributed by atoms with Crippen LogP contribution < -0.4 is 0 Å². The number of esters is 1. The zero-order valence-electron chi connectivity index (χ0n) is 14.1. The molecule has 0 fully saturated rings. The Hall–Kier alpha value is -3.14. The lowest BCUT2D eigenvalue weighted by Crippen LogP contribution is -2.07. The van der Waals surface area contributed by atoms with Gasteiger partial charge < -0.3 is 9.30 Å². The molecule has 3 rings (SSSR count). The maximum atomic E-state index is 11.4. The van der Waals surface area contributed by atoms with Crippen LogP contribution in [0.25, 0.3) is 6.08 Å². The van der Waals surface area contributed by atoms with E-state index in [2.05, 4.69) is 38.6 Å². The van der Waals surface area contributed by atoms with Gasteiger partial charge in [0.05, 0.1) is 7.11 Å². The average Bonchev–Trinajstić information content (AvgIpc) is 3.03. The first-order chi connectivity index (χ1) is 12.3. The van der Waals surface area contributed by atoms with Gasteiger partial charge in [-0.15, -0.1) is 0 Å². The Labute approximate surface area is 147 Å². The highest BCUT2D eigenvalue weighted by atomic mass is 16.5. The van der Waals surface area contributed by atoms with Gasteiger partial charge in [0.2, 0.25) is 0 Å². The normalized spacial score (nSPS) is 10.9. The molecule has 126 valence electrons. The topological polar surface area (TPSA) is 44.1 Å². The van der Waals surface area contributed by atoms with E-state index in [1.54, 1.807) is 12.3 Å². The van der Waals surface area contributed by atoms with Crippen molar-refractivity contribution in [1.82, 2.24) is 9.55 Å². The summed E-state index contributed by atoms with van der Waals surface area (Å²) in [7, 11) is 1.38. The first-order valence-electron chi connectivity index (χ1n) is 8.13. The number of carbonyl (C=O) groups is 1. The van der Waals surface area contributed by atoms with Crippen molar-refractivity contribution >= 4 is 12.0 Å². The highest BCUT2D eigenvalue weighted by Gasteiger charge is 2.09. The van der Waals surface area contributed by atoms with Crippen molar-refractivity contribution in [3.05, 3.63) is 95.6 Å². The van der Waals surface area contributed by atoms with Gasteiger partial charge in [-0.05, 0) is 35.4 Å². The van der Waals surface area contributed by atoms with Crippen molar-refractivity contribution in [3.63, 3.8) is 0 Å². The van der Waals surface area contributed by atoms with Gasteiger partial charge in [0.25, 0.3) is 0 Å². The van der Waals surface area contributed by atoms with Crippen LogP contribution in [0.15, 0.2) is 73.1 Å². The number of carbonyl (C=O) groups excluding carboxylic acids is 1. The minimum absolute atomic E-state index is 0.360. The molecule has 0 aliphatic carbocycles. The lowest BCUT2D eigenvalue weighted by molar-refractivity contribution is -0.134. The Morgan fingerprint density at radius 3 is 2.60 bits per heavy atom. The molecule has 3 aromatic rings. The fourth-order valence-corrected chi connectivity index (χ4v) is 2.72. The number of benzene rings is 1. The van der Waals surface area contributed by atoms with E-state index in [0.29, 0.717) is 0 Å². The number of nitrogens with zero attached hydrogens (tertiary/aromatic N) is 2. The smallest absolute Gasteiger partial charge is 0.330 e. The van der Waals surface area contributed by atoms with Gasteiger partial charge in [0.15, 0.2) is 0 Å². The van der Waals surface area contributed by atoms with E-state index >= 15 is 0 Å². The second-order valence-electron chi connectivity index (χ2n) is 5.72. The van der Waals surface area contributed by atoms with Gasteiger partial charge >= 0.3 is 5.97 Å². The van der Waals surface area contributed by atoms with Crippen molar-refractivity contribution in [3.8, 4) is 0 Å². The summed E-state index contributed by atoms with van der Waals surface area (Å²) in [4.78, 5) is 15.6. The van der Waals surface area contributed by atoms with E-state index < -0.39 is 0 Å². The van der Waals surface area contributed by atoms with Crippen LogP contribution in [0.5, 0.6) is 0 Å². The van der Waals surface area contributed by atoms with Crippen molar-refractivity contribution in [2.45, 2.75) is 13.0 Å². The number of rotatable bonds is 6. The summed E-state index contributed by atoms with van der Waals surface area (Å²) in [6, 6.07) is 18.4. The van der Waals surface area contributed by atoms with Gasteiger partial charge in [0.1, 0.15) is 0 Å². The number of aromatic nitrogens is 2. The molecular weight excluding hydrogens is 312 g/mol. The van der Waals surface area contributed by atoms with Gasteiger partial charge in [-0.25, -0.2) is 4.79 Å². The fraction of sp³-hybridized carbons (Fsp3) is 0.143. The third-order valence-electron chi connectivity index (χ3n) is 3.99. The zero-order valence-corrected chi connectivity index (χ0v) is 14.1. The quantitative estimate of drug-likeness (QED) is 0.510. The molecule has 0 amide bonds. The summed E-state index contributed by atoms with van der Waals surface area (Å²) in [6.45, 7) is 0.740. The van der Waals surface area contributed by atoms with Crippen LogP contribution in [-0.2, 0) is 22.5 Å². The van der Waals surface area contributed by atoms with Crippen LogP contribution in [0.1, 0.15) is 22.5 Å². The summed E-state index contributed by atoms with van der Waals surface area (Å²) in [5.41, 5.74) is 4.49. The fourth-order valence-electron chi connectivity index (χ4n) is 2.72. The van der Waals surface area contributed by atoms with E-state index in [1.165, 1.54) is 24.4 Å². The molecule has 0 atom stereocenters. The summed E-state index contributed by atoms with van der Waals surface area (Å²) < 4.78 is 6.90. The molecular formula is C21H20N2O2. The Morgan fingerprint density at radius 1 is 1.08 bits per heavy atom. The van der Waals surface area contributed by atoms with Crippen LogP contribution in [-0.4, -0.2) is 22.6 Å². The predicted molar refractivity (Wildman–Crippen MR) is 98.1 cm³/mol. The molecule has 0 bridgehead atoms. The molecule has 0 aliphatic rings. The zero-order chi connectivity index (χ0) is 17.5. The van der Waals surface area contributed by atoms with E-state index in [1.807, 2.05) is 36.5 Å². The summed E-state index contributed by atoms with van der Waals surface area (Å²) >= 11 is 0. The first kappa shape index (κ1) is 16.7. The van der Waals surface area contributed by atoms with Gasteiger partial charge in [0, 0.05) is 42.8 Å². The monoisotopic (exact) mass is 332 g/mol. The van der Waals surface area contributed by atoms with Crippen LogP contribution >= 0.6 is 0 Å². The highest BCUT2D eigenvalue weighted by molar-refractivity contribution is 5.86. The average molecular weight is 332 g/mol. The SMILES string of the molecule is COC(=O)/C=C/c1ccc(Cc2cccnc2)n1Cc1ccccc1. The largest absolute Gasteiger partial charge is 0.466 e. The Morgan fingerprint density at radius 2 is 1.88 bits per heavy atom. The summed E-state index contributed by atoms with van der Waals surface area (Å²) in [6.07, 6.45) is 7.68. The van der Waals surface area contributed by atoms with Crippen LogP contribution in [0.3, 0.4) is 0 Å². The number of ether oxygens (including phenoxy) is 1. The van der Waals surface area contributed by atoms with E-state index in [0.717, 1.165) is 24.2 Å². The maximum Gasteiger partial charge on any atom is 0.330 e. The molecule has 0 spiro atoms. The van der Waals surface area contributed by atoms with Crippen LogP contribution in [0.2, 0.25) is 0 Å². The van der Waals surface area contributed by atoms with Crippen molar-refractivity contribution < 1.29 is 9.53 Å². The number of hydrogen-bond acceptors (Lipinski definition) is 3. The number of methoxy groups -OCH3 is 1. The molecule has 0 radical (unpaired) electrons. The lowest BCUT2D eigenvalue weighted by Gasteiger charge is -2.12. The first-order valence-corrected chi connectivity index (χ1v) is 8.13. The van der Waals surface area contributed by atoms with Crippen molar-refractivity contribution in [2.24, 2.45) is 0 Å². The Bertz CT molecular complexity index is 852. The summed E-state index contributed by atoms with van der Waals surface area (Å²) in [5, 5.41) is 0. The van der Waals surface area contributed by atoms with E-state index in [4.69, 9.17) is 0 Å². The molecule has 0 saturated heterocycles. The molecule has 0 N–H and O–H groups in total. The minimum Gasteiger partial charge on any atom is -0.466 e. The Kier molecular flexibility index (Phi) is 5.42. The standard InChI is InChI=1S/C21H20N2O2/c1-25-21(24)12-11-19-9-10-20(14-18-8-5-13-22-15-18)23(19)16-17-6-3-2-4-7-17/h2-13,15H,14,16H2,1H3/b12-11+. The lowest BCUT2D eigenvalue weighted by atomic mass is 10.1. The van der Waals surface area contributed by atoms with E-state index in [9.17, 15) is 4.79 Å². The van der Waals surface area contributed by atoms with Gasteiger partial charge in [-0.1, -0.05) is 36.4 Å². The molecule has 0 aliphatic heterocycles. The van der Waals surface area contributed by atoms with Crippen molar-refractivity contribution in [2.75, 3.05) is 7.11 Å². The molecule has 2 heterocycles. The van der Waals surface area contributed by atoms with Gasteiger partial charge in [-0.2, -0.15) is 0 Å². The maximum absolute atomic E-state index is 11.4.